The summed E-state index contributed by atoms with van der Waals surface area (Å²) in [5, 5.41) is 0. The summed E-state index contributed by atoms with van der Waals surface area (Å²) >= 11 is 0. The molecule has 2 N–H and O–H groups in total. The number of carbonyl (C=O) groups is 1. The van der Waals surface area contributed by atoms with Crippen molar-refractivity contribution in [3.8, 4) is 0 Å². The van der Waals surface area contributed by atoms with E-state index in [0.717, 1.165) is 13.0 Å². The van der Waals surface area contributed by atoms with Gasteiger partial charge in [-0.1, -0.05) is 13.8 Å². The van der Waals surface area contributed by atoms with Gasteiger partial charge in [0, 0.05) is 31.5 Å². The monoisotopic (exact) mass is 305 g/mol. The van der Waals surface area contributed by atoms with E-state index in [-0.39, 0.29) is 42.2 Å². The topological polar surface area (TPSA) is 59.2 Å². The highest BCUT2D eigenvalue weighted by atomic mass is 35.5. The van der Waals surface area contributed by atoms with Crippen LogP contribution in [-0.2, 0) is 0 Å². The summed E-state index contributed by atoms with van der Waals surface area (Å²) in [4.78, 5) is 18.1. The average molecular weight is 306 g/mol. The van der Waals surface area contributed by atoms with E-state index in [1.165, 1.54) is 0 Å². The number of piperidine rings is 1. The zero-order chi connectivity index (χ0) is 12.5. The van der Waals surface area contributed by atoms with E-state index < -0.39 is 0 Å². The average Bonchev–Trinajstić information content (AvgIpc) is 2.33. The Bertz CT molecular complexity index is 412. The third-order valence-corrected chi connectivity index (χ3v) is 3.51. The summed E-state index contributed by atoms with van der Waals surface area (Å²) in [6.45, 7) is 5.67. The Morgan fingerprint density at radius 2 is 2.16 bits per heavy atom. The molecule has 1 atom stereocenters. The molecule has 1 aromatic rings. The van der Waals surface area contributed by atoms with E-state index in [2.05, 4.69) is 18.8 Å². The quantitative estimate of drug-likeness (QED) is 0.864. The highest BCUT2D eigenvalue weighted by molar-refractivity contribution is 5.94. The predicted molar refractivity (Wildman–Crippen MR) is 81.0 cm³/mol. The second-order valence-electron chi connectivity index (χ2n) is 5.35. The molecule has 19 heavy (non-hydrogen) atoms. The second-order valence-corrected chi connectivity index (χ2v) is 5.35. The van der Waals surface area contributed by atoms with Crippen molar-refractivity contribution in [1.29, 1.82) is 0 Å². The summed E-state index contributed by atoms with van der Waals surface area (Å²) in [5.41, 5.74) is 6.70. The lowest BCUT2D eigenvalue weighted by Gasteiger charge is -2.42. The molecule has 2 heterocycles. The van der Waals surface area contributed by atoms with Gasteiger partial charge in [-0.2, -0.15) is 0 Å². The fourth-order valence-electron chi connectivity index (χ4n) is 2.22. The van der Waals surface area contributed by atoms with Crippen LogP contribution in [0.15, 0.2) is 24.5 Å². The Hall–Kier alpha value is -0.840. The minimum absolute atomic E-state index is 0. The van der Waals surface area contributed by atoms with Gasteiger partial charge in [-0.3, -0.25) is 9.78 Å². The van der Waals surface area contributed by atoms with Crippen molar-refractivity contribution in [3.05, 3.63) is 30.1 Å². The van der Waals surface area contributed by atoms with E-state index in [1.54, 1.807) is 24.5 Å². The van der Waals surface area contributed by atoms with Crippen LogP contribution in [0.4, 0.5) is 0 Å². The maximum absolute atomic E-state index is 12.2. The van der Waals surface area contributed by atoms with Gasteiger partial charge in [0.2, 0.25) is 0 Å². The number of amides is 1. The Balaban J connectivity index is 0.00000162. The largest absolute Gasteiger partial charge is 0.338 e. The Labute approximate surface area is 126 Å². The first-order valence-corrected chi connectivity index (χ1v) is 5.95. The first kappa shape index (κ1) is 18.2. The van der Waals surface area contributed by atoms with Gasteiger partial charge in [0.05, 0.1) is 5.56 Å². The molecule has 0 aliphatic carbocycles. The predicted octanol–water partition coefficient (Wildman–Crippen LogP) is 2.12. The molecule has 108 valence electrons. The zero-order valence-electron chi connectivity index (χ0n) is 11.2. The number of pyridine rings is 1. The van der Waals surface area contributed by atoms with Crippen LogP contribution in [0.3, 0.4) is 0 Å². The lowest BCUT2D eigenvalue weighted by molar-refractivity contribution is 0.0532. The Kier molecular flexibility index (Phi) is 6.77. The molecular weight excluding hydrogens is 285 g/mol. The number of likely N-dealkylation sites (tertiary alicyclic amines) is 1. The van der Waals surface area contributed by atoms with Crippen LogP contribution in [-0.4, -0.2) is 34.9 Å². The first-order chi connectivity index (χ1) is 8.00. The minimum Gasteiger partial charge on any atom is -0.338 e. The van der Waals surface area contributed by atoms with E-state index in [0.29, 0.717) is 12.1 Å². The Morgan fingerprint density at radius 3 is 2.68 bits per heavy atom. The number of aromatic nitrogens is 1. The van der Waals surface area contributed by atoms with Gasteiger partial charge in [-0.25, -0.2) is 0 Å². The number of nitrogens with two attached hydrogens (primary N) is 1. The van der Waals surface area contributed by atoms with Gasteiger partial charge in [-0.05, 0) is 24.0 Å². The molecule has 1 saturated heterocycles. The van der Waals surface area contributed by atoms with Crippen LogP contribution in [0.2, 0.25) is 0 Å². The molecule has 1 aliphatic rings. The van der Waals surface area contributed by atoms with Crippen molar-refractivity contribution >= 4 is 30.7 Å². The van der Waals surface area contributed by atoms with E-state index in [9.17, 15) is 4.79 Å². The fraction of sp³-hybridized carbons (Fsp3) is 0.538. The number of rotatable bonds is 1. The molecule has 6 heteroatoms. The maximum atomic E-state index is 12.2. The van der Waals surface area contributed by atoms with Crippen LogP contribution in [0, 0.1) is 5.41 Å². The molecular formula is C13H21Cl2N3O. The molecule has 0 saturated carbocycles. The van der Waals surface area contributed by atoms with Gasteiger partial charge in [-0.15, -0.1) is 24.8 Å². The van der Waals surface area contributed by atoms with Crippen LogP contribution in [0.25, 0.3) is 0 Å². The van der Waals surface area contributed by atoms with Crippen LogP contribution >= 0.6 is 24.8 Å². The van der Waals surface area contributed by atoms with Crippen LogP contribution in [0.5, 0.6) is 0 Å². The molecule has 1 unspecified atom stereocenters. The third kappa shape index (κ3) is 4.06. The van der Waals surface area contributed by atoms with Gasteiger partial charge in [0.25, 0.3) is 5.91 Å². The van der Waals surface area contributed by atoms with Gasteiger partial charge in [0.15, 0.2) is 0 Å². The SMILES string of the molecule is CC1(C)CN(C(=O)c2cccnc2)CCC1N.Cl.Cl. The van der Waals surface area contributed by atoms with E-state index >= 15 is 0 Å². The fourth-order valence-corrected chi connectivity index (χ4v) is 2.22. The van der Waals surface area contributed by atoms with Crippen molar-refractivity contribution in [2.45, 2.75) is 26.3 Å². The number of hydrogen-bond acceptors (Lipinski definition) is 3. The molecule has 4 nitrogen and oxygen atoms in total. The van der Waals surface area contributed by atoms with Gasteiger partial charge >= 0.3 is 0 Å². The van der Waals surface area contributed by atoms with Crippen molar-refractivity contribution in [2.24, 2.45) is 11.1 Å². The molecule has 1 amide bonds. The highest BCUT2D eigenvalue weighted by Crippen LogP contribution is 2.28. The van der Waals surface area contributed by atoms with Crippen molar-refractivity contribution in [1.82, 2.24) is 9.88 Å². The third-order valence-electron chi connectivity index (χ3n) is 3.51. The molecule has 1 fully saturated rings. The van der Waals surface area contributed by atoms with Crippen molar-refractivity contribution in [3.63, 3.8) is 0 Å². The lowest BCUT2D eigenvalue weighted by Crippen LogP contribution is -2.54. The summed E-state index contributed by atoms with van der Waals surface area (Å²) in [6, 6.07) is 3.76. The molecule has 1 aliphatic heterocycles. The van der Waals surface area contributed by atoms with E-state index in [4.69, 9.17) is 5.73 Å². The normalized spacial score (nSPS) is 21.0. The highest BCUT2D eigenvalue weighted by Gasteiger charge is 2.35. The first-order valence-electron chi connectivity index (χ1n) is 5.95. The molecule has 2 rings (SSSR count). The molecule has 1 aromatic heterocycles. The number of halogens is 2. The van der Waals surface area contributed by atoms with E-state index in [1.807, 2.05) is 4.90 Å². The summed E-state index contributed by atoms with van der Waals surface area (Å²) in [7, 11) is 0. The number of hydrogen-bond donors (Lipinski definition) is 1. The smallest absolute Gasteiger partial charge is 0.255 e. The number of carbonyl (C=O) groups excluding carboxylic acids is 1. The zero-order valence-corrected chi connectivity index (χ0v) is 12.8. The molecule has 0 bridgehead atoms. The lowest BCUT2D eigenvalue weighted by atomic mass is 9.79. The summed E-state index contributed by atoms with van der Waals surface area (Å²) in [6.07, 6.45) is 4.15. The van der Waals surface area contributed by atoms with Crippen LogP contribution in [0.1, 0.15) is 30.6 Å². The molecule has 0 radical (unpaired) electrons. The summed E-state index contributed by atoms with van der Waals surface area (Å²) < 4.78 is 0. The van der Waals surface area contributed by atoms with Crippen molar-refractivity contribution < 1.29 is 4.79 Å². The number of nitrogens with zero attached hydrogens (tertiary/aromatic N) is 2. The minimum atomic E-state index is -0.0177. The molecule has 0 aromatic carbocycles. The van der Waals surface area contributed by atoms with Gasteiger partial charge < -0.3 is 10.6 Å². The molecule has 0 spiro atoms. The maximum Gasteiger partial charge on any atom is 0.255 e. The van der Waals surface area contributed by atoms with Gasteiger partial charge in [0.1, 0.15) is 0 Å². The van der Waals surface area contributed by atoms with Crippen molar-refractivity contribution in [2.75, 3.05) is 13.1 Å². The van der Waals surface area contributed by atoms with Crippen LogP contribution < -0.4 is 5.73 Å². The summed E-state index contributed by atoms with van der Waals surface area (Å²) in [5.74, 6) is 0.0538. The second kappa shape index (κ2) is 7.08. The Morgan fingerprint density at radius 1 is 1.47 bits per heavy atom. The standard InChI is InChI=1S/C13H19N3O.2ClH/c1-13(2)9-16(7-5-11(13)14)12(17)10-4-3-6-15-8-10;;/h3-4,6,8,11H,5,7,9,14H2,1-2H3;2*1H.